The molecule has 0 bridgehead atoms. The molecule has 1 saturated heterocycles. The molecule has 1 aromatic carbocycles. The second-order valence-corrected chi connectivity index (χ2v) is 8.11. The summed E-state index contributed by atoms with van der Waals surface area (Å²) in [5.41, 5.74) is 6.69. The van der Waals surface area contributed by atoms with Crippen molar-refractivity contribution in [2.75, 3.05) is 7.11 Å². The van der Waals surface area contributed by atoms with E-state index in [9.17, 15) is 4.79 Å². The van der Waals surface area contributed by atoms with E-state index in [1.807, 2.05) is 58.0 Å². The van der Waals surface area contributed by atoms with Crippen LogP contribution in [-0.4, -0.2) is 49.4 Å². The van der Waals surface area contributed by atoms with Crippen molar-refractivity contribution in [3.63, 3.8) is 0 Å². The number of carbonyl (C=O) groups is 1. The van der Waals surface area contributed by atoms with Crippen molar-refractivity contribution < 1.29 is 18.8 Å². The highest BCUT2D eigenvalue weighted by molar-refractivity contribution is 6.48. The molecule has 1 heterocycles. The summed E-state index contributed by atoms with van der Waals surface area (Å²) >= 11 is 0. The van der Waals surface area contributed by atoms with E-state index >= 15 is 0 Å². The molecule has 3 N–H and O–H groups in total. The first-order chi connectivity index (χ1) is 12.6. The van der Waals surface area contributed by atoms with Crippen molar-refractivity contribution in [2.24, 2.45) is 5.73 Å². The normalized spacial score (nSPS) is 21.5. The third-order valence-corrected chi connectivity index (χ3v) is 5.64. The largest absolute Gasteiger partial charge is 0.483 e. The minimum absolute atomic E-state index is 0.0975. The van der Waals surface area contributed by atoms with Crippen LogP contribution in [0.4, 0.5) is 0 Å². The summed E-state index contributed by atoms with van der Waals surface area (Å²) in [7, 11) is 0.991. The van der Waals surface area contributed by atoms with E-state index in [-0.39, 0.29) is 12.0 Å². The predicted octanol–water partition coefficient (Wildman–Crippen LogP) is 2.10. The maximum Gasteiger partial charge on any atom is 0.483 e. The van der Waals surface area contributed by atoms with Crippen LogP contribution in [0.25, 0.3) is 0 Å². The van der Waals surface area contributed by atoms with Crippen LogP contribution in [0.2, 0.25) is 0 Å². The third-order valence-electron chi connectivity index (χ3n) is 5.64. The van der Waals surface area contributed by atoms with Gasteiger partial charge < -0.3 is 25.1 Å². The lowest BCUT2D eigenvalue weighted by atomic mass is 9.71. The van der Waals surface area contributed by atoms with Gasteiger partial charge in [0.05, 0.1) is 23.2 Å². The van der Waals surface area contributed by atoms with Crippen LogP contribution >= 0.6 is 0 Å². The summed E-state index contributed by atoms with van der Waals surface area (Å²) in [6, 6.07) is 9.51. The topological polar surface area (TPSA) is 82.8 Å². The van der Waals surface area contributed by atoms with Crippen molar-refractivity contribution in [3.8, 4) is 0 Å². The Morgan fingerprint density at radius 2 is 1.74 bits per heavy atom. The molecule has 7 heteroatoms. The van der Waals surface area contributed by atoms with E-state index in [1.165, 1.54) is 0 Å². The van der Waals surface area contributed by atoms with Crippen LogP contribution < -0.4 is 11.1 Å². The molecule has 0 spiro atoms. The Bertz CT molecular complexity index is 608. The first kappa shape index (κ1) is 21.9. The average molecular weight is 376 g/mol. The Balaban J connectivity index is 2.22. The molecule has 1 fully saturated rings. The lowest BCUT2D eigenvalue weighted by Gasteiger charge is -2.32. The van der Waals surface area contributed by atoms with Gasteiger partial charge in [0, 0.05) is 26.0 Å². The number of benzene rings is 1. The molecular formula is C20H33BN2O4. The number of rotatable bonds is 8. The zero-order valence-corrected chi connectivity index (χ0v) is 17.3. The number of hydrogen-bond donors (Lipinski definition) is 2. The molecule has 0 aliphatic carbocycles. The molecule has 3 atom stereocenters. The fourth-order valence-electron chi connectivity index (χ4n) is 3.12. The molecule has 1 aliphatic heterocycles. The van der Waals surface area contributed by atoms with Crippen LogP contribution in [0.3, 0.4) is 0 Å². The Morgan fingerprint density at radius 1 is 1.19 bits per heavy atom. The average Bonchev–Trinajstić information content (AvgIpc) is 2.84. The number of carbonyl (C=O) groups excluding carboxylic acids is 1. The van der Waals surface area contributed by atoms with Crippen LogP contribution in [-0.2, 0) is 25.3 Å². The lowest BCUT2D eigenvalue weighted by Crippen LogP contribution is -2.62. The van der Waals surface area contributed by atoms with Crippen molar-refractivity contribution in [3.05, 3.63) is 35.9 Å². The number of methoxy groups -OCH3 is 1. The molecule has 0 unspecified atom stereocenters. The van der Waals surface area contributed by atoms with Gasteiger partial charge in [0.15, 0.2) is 0 Å². The van der Waals surface area contributed by atoms with Crippen molar-refractivity contribution in [1.82, 2.24) is 5.32 Å². The van der Waals surface area contributed by atoms with E-state index in [1.54, 1.807) is 14.0 Å². The van der Waals surface area contributed by atoms with Gasteiger partial charge >= 0.3 is 7.12 Å². The molecule has 0 saturated carbocycles. The molecule has 150 valence electrons. The van der Waals surface area contributed by atoms with E-state index in [0.29, 0.717) is 12.8 Å². The van der Waals surface area contributed by atoms with Crippen LogP contribution in [0, 0.1) is 0 Å². The Morgan fingerprint density at radius 3 is 2.22 bits per heavy atom. The highest BCUT2D eigenvalue weighted by Crippen LogP contribution is 2.38. The SMILES string of the molecule is CCC(=O)N[C@H](B1OC(C)(C)C(C)(C)O1)[C@@H](N)[C@@H](Cc1ccccc1)OC. The van der Waals surface area contributed by atoms with E-state index < -0.39 is 30.3 Å². The van der Waals surface area contributed by atoms with Gasteiger partial charge in [-0.3, -0.25) is 4.79 Å². The second kappa shape index (κ2) is 8.73. The molecule has 1 aliphatic rings. The van der Waals surface area contributed by atoms with Crippen molar-refractivity contribution in [2.45, 2.75) is 76.7 Å². The number of nitrogens with two attached hydrogens (primary N) is 1. The molecule has 1 aromatic rings. The van der Waals surface area contributed by atoms with Gasteiger partial charge in [-0.05, 0) is 33.3 Å². The molecule has 0 aromatic heterocycles. The van der Waals surface area contributed by atoms with E-state index in [0.717, 1.165) is 5.56 Å². The van der Waals surface area contributed by atoms with Crippen molar-refractivity contribution in [1.29, 1.82) is 0 Å². The van der Waals surface area contributed by atoms with Crippen molar-refractivity contribution >= 4 is 13.0 Å². The van der Waals surface area contributed by atoms with Crippen LogP contribution in [0.15, 0.2) is 30.3 Å². The van der Waals surface area contributed by atoms with Gasteiger partial charge in [-0.15, -0.1) is 0 Å². The molecule has 27 heavy (non-hydrogen) atoms. The first-order valence-corrected chi connectivity index (χ1v) is 9.58. The fraction of sp³-hybridized carbons (Fsp3) is 0.650. The Kier molecular flexibility index (Phi) is 7.08. The zero-order valence-electron chi connectivity index (χ0n) is 17.3. The quantitative estimate of drug-likeness (QED) is 0.679. The van der Waals surface area contributed by atoms with Gasteiger partial charge in [-0.25, -0.2) is 0 Å². The summed E-state index contributed by atoms with van der Waals surface area (Å²) in [4.78, 5) is 12.2. The Hall–Kier alpha value is -1.41. The van der Waals surface area contributed by atoms with Gasteiger partial charge in [-0.2, -0.15) is 0 Å². The monoisotopic (exact) mass is 376 g/mol. The smallest absolute Gasteiger partial charge is 0.402 e. The summed E-state index contributed by atoms with van der Waals surface area (Å²) in [5.74, 6) is -0.619. The minimum Gasteiger partial charge on any atom is -0.402 e. The molecule has 1 amide bonds. The van der Waals surface area contributed by atoms with E-state index in [2.05, 4.69) is 5.32 Å². The van der Waals surface area contributed by atoms with Gasteiger partial charge in [0.2, 0.25) is 5.91 Å². The van der Waals surface area contributed by atoms with E-state index in [4.69, 9.17) is 19.8 Å². The number of hydrogen-bond acceptors (Lipinski definition) is 5. The van der Waals surface area contributed by atoms with Gasteiger partial charge in [0.1, 0.15) is 0 Å². The summed E-state index contributed by atoms with van der Waals surface area (Å²) in [5, 5.41) is 2.99. The lowest BCUT2D eigenvalue weighted by molar-refractivity contribution is -0.121. The maximum absolute atomic E-state index is 12.2. The summed E-state index contributed by atoms with van der Waals surface area (Å²) in [6.45, 7) is 9.73. The molecule has 2 rings (SSSR count). The van der Waals surface area contributed by atoms with Crippen LogP contribution in [0.5, 0.6) is 0 Å². The highest BCUT2D eigenvalue weighted by Gasteiger charge is 2.55. The zero-order chi connectivity index (χ0) is 20.2. The molecular weight excluding hydrogens is 343 g/mol. The summed E-state index contributed by atoms with van der Waals surface area (Å²) in [6.07, 6.45) is 0.698. The van der Waals surface area contributed by atoms with Gasteiger partial charge in [-0.1, -0.05) is 37.3 Å². The van der Waals surface area contributed by atoms with Gasteiger partial charge in [0.25, 0.3) is 0 Å². The number of nitrogens with one attached hydrogen (secondary N) is 1. The predicted molar refractivity (Wildman–Crippen MR) is 107 cm³/mol. The van der Waals surface area contributed by atoms with Crippen LogP contribution in [0.1, 0.15) is 46.6 Å². The first-order valence-electron chi connectivity index (χ1n) is 9.58. The molecule has 0 radical (unpaired) electrons. The molecule has 6 nitrogen and oxygen atoms in total. The summed E-state index contributed by atoms with van der Waals surface area (Å²) < 4.78 is 18.0. The Labute approximate surface area is 163 Å². The second-order valence-electron chi connectivity index (χ2n) is 8.11. The minimum atomic E-state index is -0.645. The maximum atomic E-state index is 12.2. The third kappa shape index (κ3) is 5.10. The highest BCUT2D eigenvalue weighted by atomic mass is 16.7. The number of ether oxygens (including phenoxy) is 1. The number of amides is 1. The fourth-order valence-corrected chi connectivity index (χ4v) is 3.12. The standard InChI is InChI=1S/C20H33BN2O4/c1-7-16(24)23-18(21-26-19(2,3)20(4,5)27-21)17(22)15(25-6)13-14-11-9-8-10-12-14/h8-12,15,17-18H,7,13,22H2,1-6H3,(H,23,24)/t15-,17+,18+/m1/s1.